The van der Waals surface area contributed by atoms with Gasteiger partial charge in [-0.15, -0.1) is 0 Å². The average molecular weight is 1310 g/mol. The number of ether oxygens (including phenoxy) is 2. The molecule has 0 aromatic heterocycles. The molecule has 17 atom stereocenters. The van der Waals surface area contributed by atoms with Gasteiger partial charge in [0.2, 0.25) is 35.4 Å². The van der Waals surface area contributed by atoms with Gasteiger partial charge in [0.15, 0.2) is 6.23 Å². The third-order valence-electron chi connectivity index (χ3n) is 18.4. The number of rotatable bonds is 20. The van der Waals surface area contributed by atoms with E-state index in [9.17, 15) is 84.3 Å². The summed E-state index contributed by atoms with van der Waals surface area (Å²) < 4.78 is 12.5. The van der Waals surface area contributed by atoms with Crippen LogP contribution >= 0.6 is 0 Å². The zero-order valence-electron chi connectivity index (χ0n) is 53.3. The Labute approximate surface area is 544 Å². The second-order valence-corrected chi connectivity index (χ2v) is 25.5. The number of hydrogen-bond donors (Lipinski definition) is 14. The quantitative estimate of drug-likeness (QED) is 0.0415. The van der Waals surface area contributed by atoms with E-state index in [-0.39, 0.29) is 47.5 Å². The van der Waals surface area contributed by atoms with Crippen molar-refractivity contribution in [1.82, 2.24) is 36.4 Å². The van der Waals surface area contributed by atoms with E-state index in [0.717, 1.165) is 77.5 Å². The molecule has 4 fully saturated rings. The van der Waals surface area contributed by atoms with Gasteiger partial charge in [0.25, 0.3) is 5.91 Å². The van der Waals surface area contributed by atoms with Gasteiger partial charge in [-0.3, -0.25) is 38.4 Å². The number of amides is 7. The van der Waals surface area contributed by atoms with Gasteiger partial charge >= 0.3 is 5.97 Å². The van der Waals surface area contributed by atoms with Crippen LogP contribution in [0.25, 0.3) is 22.3 Å². The van der Waals surface area contributed by atoms with Gasteiger partial charge in [-0.05, 0) is 84.5 Å². The highest BCUT2D eigenvalue weighted by Crippen LogP contribution is 2.31. The summed E-state index contributed by atoms with van der Waals surface area (Å²) in [5.74, 6) is -9.59. The van der Waals surface area contributed by atoms with Crippen molar-refractivity contribution in [3.05, 3.63) is 108 Å². The molecule has 510 valence electrons. The maximum atomic E-state index is 15.0. The van der Waals surface area contributed by atoms with Crippen LogP contribution in [0.2, 0.25) is 0 Å². The Hall–Kier alpha value is -8.12. The number of phenolic OH excluding ortho intramolecular Hbond substituents is 1. The summed E-state index contributed by atoms with van der Waals surface area (Å²) >= 11 is 0. The number of likely N-dealkylation sites (N-methyl/N-ethyl adjacent to an activating group) is 1. The van der Waals surface area contributed by atoms with Crippen LogP contribution in [0, 0.1) is 5.92 Å². The number of carbonyl (C=O) groups excluding carboxylic acids is 7. The summed E-state index contributed by atoms with van der Waals surface area (Å²) in [6, 6.07) is 14.4. The average Bonchev–Trinajstić information content (AvgIpc) is 1.53. The Bertz CT molecular complexity index is 3290. The van der Waals surface area contributed by atoms with E-state index < -0.39 is 164 Å². The summed E-state index contributed by atoms with van der Waals surface area (Å²) in [6.07, 6.45) is -12.2. The Morgan fingerprint density at radius 1 is 0.691 bits per heavy atom. The molecule has 0 radical (unpaired) electrons. The highest BCUT2D eigenvalue weighted by atomic mass is 16.5. The van der Waals surface area contributed by atoms with Crippen molar-refractivity contribution >= 4 is 47.3 Å². The van der Waals surface area contributed by atoms with E-state index >= 15 is 0 Å². The lowest BCUT2D eigenvalue weighted by molar-refractivity contribution is -0.921. The maximum Gasteiger partial charge on any atom is 0.309 e. The van der Waals surface area contributed by atoms with Gasteiger partial charge < -0.3 is 96.3 Å². The van der Waals surface area contributed by atoms with E-state index in [1.54, 1.807) is 12.1 Å². The third-order valence-corrected chi connectivity index (χ3v) is 18.4. The van der Waals surface area contributed by atoms with Crippen LogP contribution in [-0.4, -0.2) is 239 Å². The predicted molar refractivity (Wildman–Crippen MR) is 338 cm³/mol. The first-order valence-corrected chi connectivity index (χ1v) is 32.0. The molecule has 94 heavy (non-hydrogen) atoms. The van der Waals surface area contributed by atoms with Gasteiger partial charge in [-0.25, -0.2) is 0 Å². The Morgan fingerprint density at radius 2 is 1.26 bits per heavy atom. The molecule has 0 spiro atoms. The maximum absolute atomic E-state index is 15.0. The van der Waals surface area contributed by atoms with E-state index in [0.29, 0.717) is 31.6 Å². The zero-order chi connectivity index (χ0) is 68.3. The summed E-state index contributed by atoms with van der Waals surface area (Å²) in [5.41, 5.74) is 3.36. The molecule has 4 heterocycles. The molecule has 4 aliphatic heterocycles. The Kier molecular flexibility index (Phi) is 24.3. The van der Waals surface area contributed by atoms with Crippen molar-refractivity contribution in [3.63, 3.8) is 0 Å². The number of likely N-dealkylation sites (tertiary alicyclic amines) is 1. The SMILES string of the molecule is CCCCCOc1ccc(-c2ccc(-c3ccc(C(=O)N[C@H]4C[C@@H](O)[C@@H](OCC5CCC[N+]5(C)CCC(=O)O)NC(=O)[C@@H]5[C@@H](O)[C@@H](C)CN5C(=O)[C@H]([C@@H](C)O)NC(=O)[C@H]([C@H](O)[C@@H](O)c5ccc(O)cc5)NC(=O)[C@@H]5C[C@@H](O)CN5C(=O)[C@H]([C@@H](C)O)NC4=O)cc3)cc2)cc1. The number of carboxylic acid groups (broad SMARTS) is 1. The molecule has 4 aromatic carbocycles. The van der Waals surface area contributed by atoms with Crippen LogP contribution in [0.15, 0.2) is 97.1 Å². The molecule has 27 heteroatoms. The van der Waals surface area contributed by atoms with Crippen LogP contribution < -0.4 is 31.3 Å². The van der Waals surface area contributed by atoms with Crippen molar-refractivity contribution in [2.24, 2.45) is 5.92 Å². The number of phenols is 1. The largest absolute Gasteiger partial charge is 0.508 e. The van der Waals surface area contributed by atoms with Crippen LogP contribution in [0.1, 0.15) is 101 Å². The van der Waals surface area contributed by atoms with Gasteiger partial charge in [0.1, 0.15) is 78.7 Å². The number of carbonyl (C=O) groups is 8. The number of benzene rings is 4. The number of nitrogens with one attached hydrogen (secondary N) is 5. The first-order valence-electron chi connectivity index (χ1n) is 32.0. The van der Waals surface area contributed by atoms with Crippen molar-refractivity contribution in [2.75, 3.05) is 46.4 Å². The number of carboxylic acids is 1. The summed E-state index contributed by atoms with van der Waals surface area (Å²) in [6.45, 7) is 6.00. The van der Waals surface area contributed by atoms with Gasteiger partial charge in [-0.1, -0.05) is 87.4 Å². The van der Waals surface area contributed by atoms with Crippen molar-refractivity contribution in [1.29, 1.82) is 0 Å². The number of aliphatic carboxylic acids is 1. The third kappa shape index (κ3) is 17.4. The van der Waals surface area contributed by atoms with Crippen molar-refractivity contribution in [3.8, 4) is 33.8 Å². The van der Waals surface area contributed by atoms with Gasteiger partial charge in [0, 0.05) is 50.3 Å². The molecular weight excluding hydrogens is 1220 g/mol. The van der Waals surface area contributed by atoms with E-state index in [4.69, 9.17) is 9.47 Å². The first kappa shape index (κ1) is 71.7. The van der Waals surface area contributed by atoms with Crippen molar-refractivity contribution < 1.29 is 98.3 Å². The monoisotopic (exact) mass is 1310 g/mol. The molecular formula is C67H89N8O19+. The second-order valence-electron chi connectivity index (χ2n) is 25.5. The lowest BCUT2D eigenvalue weighted by Gasteiger charge is -2.37. The molecule has 27 nitrogen and oxygen atoms in total. The molecule has 4 aliphatic rings. The predicted octanol–water partition coefficient (Wildman–Crippen LogP) is 0.181. The van der Waals surface area contributed by atoms with Gasteiger partial charge in [0.05, 0.1) is 57.6 Å². The fourth-order valence-electron chi connectivity index (χ4n) is 12.7. The number of quaternary nitrogens is 1. The summed E-state index contributed by atoms with van der Waals surface area (Å²) in [7, 11) is 1.83. The Balaban J connectivity index is 1.15. The Morgan fingerprint density at radius 3 is 1.84 bits per heavy atom. The minimum atomic E-state index is -2.31. The topological polar surface area (TPSA) is 404 Å². The number of hydrogen-bond acceptors (Lipinski definition) is 18. The van der Waals surface area contributed by atoms with Crippen LogP contribution in [0.3, 0.4) is 0 Å². The van der Waals surface area contributed by atoms with E-state index in [2.05, 4.69) is 33.5 Å². The fraction of sp³-hybridized carbons (Fsp3) is 0.522. The van der Waals surface area contributed by atoms with Crippen LogP contribution in [0.4, 0.5) is 0 Å². The van der Waals surface area contributed by atoms with Crippen LogP contribution in [0.5, 0.6) is 11.5 Å². The van der Waals surface area contributed by atoms with Crippen molar-refractivity contribution in [2.45, 2.75) is 170 Å². The number of unbranched alkanes of at least 4 members (excludes halogenated alkanes) is 2. The molecule has 0 saturated carbocycles. The molecule has 2 unspecified atom stereocenters. The number of aliphatic hydroxyl groups is 7. The van der Waals surface area contributed by atoms with Gasteiger partial charge in [-0.2, -0.15) is 0 Å². The van der Waals surface area contributed by atoms with E-state index in [1.807, 2.05) is 55.6 Å². The number of fused-ring (bicyclic) bond motifs is 2. The molecule has 4 aromatic rings. The minimum absolute atomic E-state index is 0.0161. The number of nitrogens with zero attached hydrogens (tertiary/aromatic N) is 3. The molecule has 14 N–H and O–H groups in total. The molecule has 8 rings (SSSR count). The minimum Gasteiger partial charge on any atom is -0.508 e. The molecule has 0 bridgehead atoms. The number of aromatic hydroxyl groups is 1. The second kappa shape index (κ2) is 31.9. The lowest BCUT2D eigenvalue weighted by Crippen LogP contribution is -2.64. The van der Waals surface area contributed by atoms with Crippen LogP contribution in [-0.2, 0) is 38.3 Å². The molecule has 0 aliphatic carbocycles. The first-order chi connectivity index (χ1) is 44.7. The highest BCUT2D eigenvalue weighted by molar-refractivity contribution is 6.00. The smallest absolute Gasteiger partial charge is 0.309 e. The van der Waals surface area contributed by atoms with E-state index in [1.165, 1.54) is 31.2 Å². The fourth-order valence-corrected chi connectivity index (χ4v) is 12.7. The normalized spacial score (nSPS) is 28.7. The molecule has 7 amide bonds. The number of aliphatic hydroxyl groups excluding tert-OH is 7. The lowest BCUT2D eigenvalue weighted by atomic mass is 9.96. The molecule has 4 saturated heterocycles. The zero-order valence-corrected chi connectivity index (χ0v) is 53.3. The standard InChI is InChI=1S/C67H88N8O19/c1-6-7-8-30-93-48-25-21-42(22-26-48)40-13-11-39(12-14-40)41-15-17-44(18-16-41)60(86)68-49-32-51(80)65(94-35-45-10-9-28-75(45,5)29-27-52(81)82)72-64(90)56-57(83)36(2)33-74(56)67(92)54(38(4)77)70-63(89)55(59(85)58(84)43-19-23-46(78)24-20-43)71-62(88)50-31-47(79)34-73(50)66(91)53(37(3)76)69-61(49)87/h11-26,36-38,45,47,49-51,53-59,65,76-77,79-80,83-85H,6-10,27-35H2,1-5H3,(H6-,68,69,70,71,72,78,81,82,86,87,88,89,90)/p+1/t36-,37+,38+,45?,47+,49-,50-,51+,53-,54-,55-,56-,57-,58-,59-,65+,75?/m0/s1. The highest BCUT2D eigenvalue weighted by Gasteiger charge is 2.51. The summed E-state index contributed by atoms with van der Waals surface area (Å²) in [5, 5.41) is 113. The summed E-state index contributed by atoms with van der Waals surface area (Å²) in [4.78, 5) is 117.